The molecule has 1 fully saturated rings. The first-order valence-electron chi connectivity index (χ1n) is 10.6. The molecule has 4 rings (SSSR count). The third-order valence-corrected chi connectivity index (χ3v) is 6.44. The Bertz CT molecular complexity index is 1400. The minimum atomic E-state index is -4.43. The number of imidazole rings is 1. The SMILES string of the molecule is Cc1c(N)cc(C(=O)OC[C@H]2O[C@@H](n3cnc4c(N)ncnc43)C[C@@H]2OP(N)(=O)O)c(C)c1C(=O)O. The number of nitrogens with zero attached hydrogens (tertiary/aromatic N) is 4. The van der Waals surface area contributed by atoms with E-state index in [0.29, 0.717) is 16.7 Å². The standard InChI is InChI=1S/C20H24N7O8P/c1-8-10(3-11(21)9(2)15(8)19(28)29)20(30)33-5-13-12(35-36(23,31)32)4-14(34-13)27-7-26-16-17(22)24-6-25-18(16)27/h3,6-7,12-14H,4-5,21H2,1-2H3,(H,28,29)(H2,22,24,25)(H3,23,31,32)/t12-,13+,14+/m0/s1. The molecule has 2 aromatic heterocycles. The number of nitrogens with two attached hydrogens (primary N) is 3. The van der Waals surface area contributed by atoms with E-state index in [4.69, 9.17) is 31.0 Å². The Labute approximate surface area is 203 Å². The number of aromatic carboxylic acids is 1. The minimum Gasteiger partial charge on any atom is -0.478 e. The van der Waals surface area contributed by atoms with Gasteiger partial charge in [0.15, 0.2) is 11.5 Å². The molecule has 4 atom stereocenters. The van der Waals surface area contributed by atoms with Crippen LogP contribution in [0.3, 0.4) is 0 Å². The summed E-state index contributed by atoms with van der Waals surface area (Å²) in [5, 5.41) is 9.50. The minimum absolute atomic E-state index is 0.0399. The van der Waals surface area contributed by atoms with Gasteiger partial charge >= 0.3 is 19.7 Å². The van der Waals surface area contributed by atoms with Gasteiger partial charge in [0.1, 0.15) is 36.9 Å². The molecule has 1 aliphatic rings. The molecule has 8 N–H and O–H groups in total. The first-order valence-corrected chi connectivity index (χ1v) is 12.2. The molecule has 1 aliphatic heterocycles. The molecule has 1 aromatic carbocycles. The largest absolute Gasteiger partial charge is 0.478 e. The number of carboxylic acids is 1. The normalized spacial score (nSPS) is 21.4. The Balaban J connectivity index is 1.57. The van der Waals surface area contributed by atoms with Crippen molar-refractivity contribution in [3.05, 3.63) is 41.0 Å². The first kappa shape index (κ1) is 25.5. The maximum atomic E-state index is 12.8. The van der Waals surface area contributed by atoms with Gasteiger partial charge in [-0.1, -0.05) is 0 Å². The van der Waals surface area contributed by atoms with Gasteiger partial charge in [-0.2, -0.15) is 0 Å². The van der Waals surface area contributed by atoms with E-state index in [1.165, 1.54) is 37.1 Å². The number of nitrogen functional groups attached to an aromatic ring is 2. The first-order chi connectivity index (χ1) is 16.9. The van der Waals surface area contributed by atoms with Gasteiger partial charge in [0.25, 0.3) is 0 Å². The molecule has 0 amide bonds. The summed E-state index contributed by atoms with van der Waals surface area (Å²) in [6.45, 7) is 2.60. The van der Waals surface area contributed by atoms with Crippen LogP contribution in [-0.2, 0) is 18.6 Å². The van der Waals surface area contributed by atoms with Gasteiger partial charge in [-0.15, -0.1) is 0 Å². The molecule has 1 unspecified atom stereocenters. The third kappa shape index (κ3) is 4.87. The van der Waals surface area contributed by atoms with Crippen LogP contribution in [0.4, 0.5) is 11.5 Å². The zero-order valence-corrected chi connectivity index (χ0v) is 20.1. The molecule has 16 heteroatoms. The number of fused-ring (bicyclic) bond motifs is 1. The van der Waals surface area contributed by atoms with Crippen LogP contribution in [-0.4, -0.2) is 60.3 Å². The number of esters is 1. The van der Waals surface area contributed by atoms with E-state index in [0.717, 1.165) is 0 Å². The van der Waals surface area contributed by atoms with E-state index in [2.05, 4.69) is 15.0 Å². The van der Waals surface area contributed by atoms with E-state index in [1.54, 1.807) is 0 Å². The van der Waals surface area contributed by atoms with Crippen LogP contribution in [0.2, 0.25) is 0 Å². The highest BCUT2D eigenvalue weighted by Crippen LogP contribution is 2.42. The molecule has 0 spiro atoms. The zero-order chi connectivity index (χ0) is 26.4. The second-order valence-corrected chi connectivity index (χ2v) is 9.54. The zero-order valence-electron chi connectivity index (χ0n) is 19.2. The highest BCUT2D eigenvalue weighted by atomic mass is 31.2. The molecule has 3 aromatic rings. The number of carboxylic acid groups (broad SMARTS) is 1. The fourth-order valence-electron chi connectivity index (χ4n) is 4.11. The molecule has 36 heavy (non-hydrogen) atoms. The van der Waals surface area contributed by atoms with E-state index in [-0.39, 0.29) is 34.6 Å². The maximum Gasteiger partial charge on any atom is 0.400 e. The van der Waals surface area contributed by atoms with Gasteiger partial charge in [-0.25, -0.2) is 34.6 Å². The van der Waals surface area contributed by atoms with Crippen molar-refractivity contribution in [2.24, 2.45) is 5.50 Å². The fraction of sp³-hybridized carbons (Fsp3) is 0.350. The summed E-state index contributed by atoms with van der Waals surface area (Å²) in [5.74, 6) is -1.94. The van der Waals surface area contributed by atoms with Gasteiger partial charge in [-0.3, -0.25) is 9.09 Å². The van der Waals surface area contributed by atoms with Crippen molar-refractivity contribution in [3.63, 3.8) is 0 Å². The van der Waals surface area contributed by atoms with Crippen molar-refractivity contribution in [2.45, 2.75) is 38.7 Å². The predicted octanol–water partition coefficient (Wildman–Crippen LogP) is 0.895. The number of carbonyl (C=O) groups is 2. The van der Waals surface area contributed by atoms with Crippen LogP contribution in [0, 0.1) is 13.8 Å². The van der Waals surface area contributed by atoms with Gasteiger partial charge < -0.3 is 30.9 Å². The van der Waals surface area contributed by atoms with E-state index < -0.39 is 44.7 Å². The summed E-state index contributed by atoms with van der Waals surface area (Å²) in [6, 6.07) is 1.33. The molecule has 192 valence electrons. The number of anilines is 2. The molecular weight excluding hydrogens is 497 g/mol. The average Bonchev–Trinajstić information content (AvgIpc) is 3.38. The lowest BCUT2D eigenvalue weighted by Crippen LogP contribution is -2.30. The summed E-state index contributed by atoms with van der Waals surface area (Å²) in [5.41, 5.74) is 18.1. The predicted molar refractivity (Wildman–Crippen MR) is 125 cm³/mol. The smallest absolute Gasteiger partial charge is 0.400 e. The molecular formula is C20H24N7O8P. The fourth-order valence-corrected chi connectivity index (χ4v) is 4.72. The lowest BCUT2D eigenvalue weighted by molar-refractivity contribution is -0.0483. The second kappa shape index (κ2) is 9.44. The topological polar surface area (TPSA) is 241 Å². The Morgan fingerprint density at radius 1 is 1.25 bits per heavy atom. The van der Waals surface area contributed by atoms with Crippen molar-refractivity contribution in [3.8, 4) is 0 Å². The van der Waals surface area contributed by atoms with Crippen molar-refractivity contribution < 1.29 is 38.2 Å². The molecule has 15 nitrogen and oxygen atoms in total. The van der Waals surface area contributed by atoms with Crippen LogP contribution >= 0.6 is 7.75 Å². The molecule has 3 heterocycles. The monoisotopic (exact) mass is 521 g/mol. The third-order valence-electron chi connectivity index (χ3n) is 5.86. The number of carbonyl (C=O) groups excluding carboxylic acids is 1. The summed E-state index contributed by atoms with van der Waals surface area (Å²) < 4.78 is 29.7. The number of ether oxygens (including phenoxy) is 2. The number of hydrogen-bond acceptors (Lipinski definition) is 11. The van der Waals surface area contributed by atoms with Gasteiger partial charge in [0.05, 0.1) is 17.5 Å². The van der Waals surface area contributed by atoms with Crippen molar-refractivity contribution in [1.82, 2.24) is 19.5 Å². The lowest BCUT2D eigenvalue weighted by Gasteiger charge is -2.20. The number of hydrogen-bond donors (Lipinski definition) is 5. The van der Waals surface area contributed by atoms with E-state index in [9.17, 15) is 24.2 Å². The number of benzene rings is 1. The van der Waals surface area contributed by atoms with Crippen LogP contribution < -0.4 is 17.0 Å². The van der Waals surface area contributed by atoms with Gasteiger partial charge in [-0.05, 0) is 31.0 Å². The summed E-state index contributed by atoms with van der Waals surface area (Å²) in [7, 11) is -4.43. The Morgan fingerprint density at radius 2 is 1.97 bits per heavy atom. The van der Waals surface area contributed by atoms with Crippen LogP contribution in [0.25, 0.3) is 11.2 Å². The lowest BCUT2D eigenvalue weighted by atomic mass is 9.96. The Morgan fingerprint density at radius 3 is 2.64 bits per heavy atom. The van der Waals surface area contributed by atoms with Crippen LogP contribution in [0.5, 0.6) is 0 Å². The molecule has 0 aliphatic carbocycles. The Hall–Kier alpha value is -3.62. The number of aromatic nitrogens is 4. The summed E-state index contributed by atoms with van der Waals surface area (Å²) in [6.07, 6.45) is -0.126. The molecule has 0 bridgehead atoms. The summed E-state index contributed by atoms with van der Waals surface area (Å²) >= 11 is 0. The molecule has 0 radical (unpaired) electrons. The van der Waals surface area contributed by atoms with Crippen molar-refractivity contribution >= 4 is 42.4 Å². The molecule has 0 saturated carbocycles. The van der Waals surface area contributed by atoms with Crippen molar-refractivity contribution in [1.29, 1.82) is 0 Å². The van der Waals surface area contributed by atoms with Gasteiger partial charge in [0.2, 0.25) is 0 Å². The highest BCUT2D eigenvalue weighted by molar-refractivity contribution is 7.50. The number of rotatable bonds is 7. The quantitative estimate of drug-likeness (QED) is 0.165. The van der Waals surface area contributed by atoms with E-state index in [1.807, 2.05) is 0 Å². The van der Waals surface area contributed by atoms with Crippen LogP contribution in [0.15, 0.2) is 18.7 Å². The Kier molecular flexibility index (Phi) is 6.68. The summed E-state index contributed by atoms with van der Waals surface area (Å²) in [4.78, 5) is 46.2. The highest BCUT2D eigenvalue weighted by Gasteiger charge is 2.41. The molecule has 1 saturated heterocycles. The van der Waals surface area contributed by atoms with Crippen molar-refractivity contribution in [2.75, 3.05) is 18.1 Å². The maximum absolute atomic E-state index is 12.8. The van der Waals surface area contributed by atoms with Crippen LogP contribution in [0.1, 0.15) is 44.5 Å². The van der Waals surface area contributed by atoms with E-state index >= 15 is 0 Å². The average molecular weight is 521 g/mol. The van der Waals surface area contributed by atoms with Gasteiger partial charge in [0, 0.05) is 12.1 Å². The second-order valence-electron chi connectivity index (χ2n) is 8.20.